The maximum absolute atomic E-state index is 12.2. The van der Waals surface area contributed by atoms with Crippen LogP contribution in [0.15, 0.2) is 17.1 Å². The Hall–Kier alpha value is -3.30. The number of hydrogen-bond acceptors (Lipinski definition) is 8. The van der Waals surface area contributed by atoms with Gasteiger partial charge in [0.2, 0.25) is 11.9 Å². The zero-order chi connectivity index (χ0) is 24.0. The van der Waals surface area contributed by atoms with Gasteiger partial charge in [-0.25, -0.2) is 4.99 Å². The Morgan fingerprint density at radius 2 is 1.79 bits per heavy atom. The number of unbranched alkanes of at least 4 members (excludes halogenated alkanes) is 5. The van der Waals surface area contributed by atoms with E-state index in [4.69, 9.17) is 19.9 Å². The van der Waals surface area contributed by atoms with Gasteiger partial charge < -0.3 is 24.8 Å². The van der Waals surface area contributed by atoms with Crippen molar-refractivity contribution in [3.63, 3.8) is 0 Å². The first-order valence-electron chi connectivity index (χ1n) is 11.3. The zero-order valence-electron chi connectivity index (χ0n) is 19.4. The third kappa shape index (κ3) is 5.55. The van der Waals surface area contributed by atoms with E-state index < -0.39 is 17.9 Å². The van der Waals surface area contributed by atoms with Crippen molar-refractivity contribution in [1.82, 2.24) is 10.2 Å². The van der Waals surface area contributed by atoms with Crippen molar-refractivity contribution in [3.05, 3.63) is 17.7 Å². The number of ether oxygens (including phenoxy) is 3. The molecule has 2 heterocycles. The van der Waals surface area contributed by atoms with Gasteiger partial charge in [0, 0.05) is 12.5 Å². The topological polar surface area (TPSA) is 133 Å². The number of fused-ring (bicyclic) bond motifs is 2. The van der Waals surface area contributed by atoms with Crippen molar-refractivity contribution in [3.8, 4) is 11.5 Å². The molecule has 2 unspecified atom stereocenters. The van der Waals surface area contributed by atoms with E-state index in [0.29, 0.717) is 36.4 Å². The second-order valence-corrected chi connectivity index (χ2v) is 8.15. The minimum Gasteiger partial charge on any atom is -0.492 e. The number of hydrogen-bond donors (Lipinski definition) is 2. The maximum Gasteiger partial charge on any atom is 0.302 e. The third-order valence-corrected chi connectivity index (χ3v) is 5.78. The molecule has 3 rings (SSSR count). The van der Waals surface area contributed by atoms with Gasteiger partial charge in [0.05, 0.1) is 32.1 Å². The van der Waals surface area contributed by atoms with Gasteiger partial charge in [-0.15, -0.1) is 0 Å². The lowest BCUT2D eigenvalue weighted by molar-refractivity contribution is -0.141. The molecule has 1 aromatic carbocycles. The van der Waals surface area contributed by atoms with Gasteiger partial charge in [-0.2, -0.15) is 0 Å². The number of carbonyl (C=O) groups is 3. The highest BCUT2D eigenvalue weighted by atomic mass is 16.5. The van der Waals surface area contributed by atoms with E-state index in [1.807, 2.05) is 19.1 Å². The first kappa shape index (κ1) is 24.3. The van der Waals surface area contributed by atoms with Crippen molar-refractivity contribution in [2.24, 2.45) is 10.7 Å². The fourth-order valence-electron chi connectivity index (χ4n) is 4.21. The van der Waals surface area contributed by atoms with Gasteiger partial charge in [-0.3, -0.25) is 19.7 Å². The van der Waals surface area contributed by atoms with E-state index in [0.717, 1.165) is 44.1 Å². The molecule has 2 aliphatic heterocycles. The Morgan fingerprint density at radius 1 is 1.12 bits per heavy atom. The molecule has 0 spiro atoms. The lowest BCUT2D eigenvalue weighted by Crippen LogP contribution is -2.47. The number of amides is 2. The molecule has 180 valence electrons. The minimum absolute atomic E-state index is 0.232. The summed E-state index contributed by atoms with van der Waals surface area (Å²) in [6, 6.07) is 2.15. The average Bonchev–Trinajstić information content (AvgIpc) is 3.11. The van der Waals surface area contributed by atoms with Crippen LogP contribution in [0.3, 0.4) is 0 Å². The molecule has 10 heteroatoms. The highest BCUT2D eigenvalue weighted by Crippen LogP contribution is 2.46. The number of nitrogens with two attached hydrogens (primary N) is 1. The molecule has 0 aromatic heterocycles. The van der Waals surface area contributed by atoms with Crippen LogP contribution in [0, 0.1) is 0 Å². The molecule has 2 atom stereocenters. The predicted octanol–water partition coefficient (Wildman–Crippen LogP) is 2.33. The Labute approximate surface area is 193 Å². The fourth-order valence-corrected chi connectivity index (χ4v) is 4.21. The zero-order valence-corrected chi connectivity index (χ0v) is 19.4. The fraction of sp³-hybridized carbons (Fsp3) is 0.565. The van der Waals surface area contributed by atoms with Crippen LogP contribution in [-0.2, 0) is 19.1 Å². The SMILES string of the molecule is COc1c(OCCCCCCCCOC(C)=O)ccc2c1C(C)N1C(=N2)NC(=O)C1C(N)=O. The first-order valence-corrected chi connectivity index (χ1v) is 11.3. The number of primary amides is 1. The summed E-state index contributed by atoms with van der Waals surface area (Å²) in [7, 11) is 1.56. The molecular weight excluding hydrogens is 428 g/mol. The van der Waals surface area contributed by atoms with Gasteiger partial charge in [-0.1, -0.05) is 25.7 Å². The number of nitrogens with one attached hydrogen (secondary N) is 1. The van der Waals surface area contributed by atoms with Crippen LogP contribution in [0.25, 0.3) is 0 Å². The second-order valence-electron chi connectivity index (χ2n) is 8.15. The van der Waals surface area contributed by atoms with Crippen LogP contribution >= 0.6 is 0 Å². The molecule has 33 heavy (non-hydrogen) atoms. The van der Waals surface area contributed by atoms with Gasteiger partial charge in [0.25, 0.3) is 5.91 Å². The predicted molar refractivity (Wildman–Crippen MR) is 121 cm³/mol. The standard InChI is InChI=1S/C23H32N4O6/c1-14-18-16(25-23-26-22(30)19(21(24)29)27(14)23)10-11-17(20(18)31-3)33-13-9-7-5-4-6-8-12-32-15(2)28/h10-11,14,19H,4-9,12-13H2,1-3H3,(H2,24,29)(H,25,26,30). The monoisotopic (exact) mass is 460 g/mol. The van der Waals surface area contributed by atoms with E-state index in [-0.39, 0.29) is 12.0 Å². The average molecular weight is 461 g/mol. The van der Waals surface area contributed by atoms with Crippen LogP contribution in [0.1, 0.15) is 64.0 Å². The Morgan fingerprint density at radius 3 is 2.42 bits per heavy atom. The molecule has 10 nitrogen and oxygen atoms in total. The van der Waals surface area contributed by atoms with Crippen LogP contribution in [-0.4, -0.2) is 55.0 Å². The lowest BCUT2D eigenvalue weighted by atomic mass is 10.00. The lowest BCUT2D eigenvalue weighted by Gasteiger charge is -2.34. The Balaban J connectivity index is 1.56. The number of carbonyl (C=O) groups excluding carboxylic acids is 3. The summed E-state index contributed by atoms with van der Waals surface area (Å²) >= 11 is 0. The molecule has 0 aliphatic carbocycles. The van der Waals surface area contributed by atoms with E-state index in [1.54, 1.807) is 12.0 Å². The molecule has 2 amide bonds. The summed E-state index contributed by atoms with van der Waals surface area (Å²) in [4.78, 5) is 40.9. The third-order valence-electron chi connectivity index (χ3n) is 5.78. The molecule has 0 bridgehead atoms. The van der Waals surface area contributed by atoms with E-state index in [9.17, 15) is 14.4 Å². The van der Waals surface area contributed by atoms with Crippen molar-refractivity contribution < 1.29 is 28.6 Å². The highest BCUT2D eigenvalue weighted by molar-refractivity contribution is 6.17. The molecule has 2 aliphatic rings. The summed E-state index contributed by atoms with van der Waals surface area (Å²) in [6.45, 7) is 4.32. The summed E-state index contributed by atoms with van der Waals surface area (Å²) in [5.41, 5.74) is 6.85. The summed E-state index contributed by atoms with van der Waals surface area (Å²) in [5.74, 6) is -0.00130. The van der Waals surface area contributed by atoms with Crippen molar-refractivity contribution in [1.29, 1.82) is 0 Å². The number of aliphatic imine (C=N–C) groups is 1. The van der Waals surface area contributed by atoms with Gasteiger partial charge in [0.1, 0.15) is 0 Å². The van der Waals surface area contributed by atoms with Crippen molar-refractivity contribution in [2.45, 2.75) is 64.5 Å². The number of guanidine groups is 1. The number of benzene rings is 1. The highest BCUT2D eigenvalue weighted by Gasteiger charge is 2.46. The summed E-state index contributed by atoms with van der Waals surface area (Å²) in [5, 5.41) is 2.63. The minimum atomic E-state index is -1.12. The van der Waals surface area contributed by atoms with Gasteiger partial charge in [0.15, 0.2) is 17.5 Å². The van der Waals surface area contributed by atoms with Crippen LogP contribution in [0.4, 0.5) is 5.69 Å². The summed E-state index contributed by atoms with van der Waals surface area (Å²) < 4.78 is 16.6. The van der Waals surface area contributed by atoms with E-state index in [1.165, 1.54) is 6.92 Å². The van der Waals surface area contributed by atoms with Crippen LogP contribution in [0.2, 0.25) is 0 Å². The largest absolute Gasteiger partial charge is 0.492 e. The molecule has 0 saturated carbocycles. The molecule has 0 radical (unpaired) electrons. The number of esters is 1. The summed E-state index contributed by atoms with van der Waals surface area (Å²) in [6.07, 6.45) is 6.03. The molecule has 1 fully saturated rings. The Bertz CT molecular complexity index is 932. The molecule has 1 aromatic rings. The van der Waals surface area contributed by atoms with Crippen LogP contribution < -0.4 is 20.5 Å². The first-order chi connectivity index (χ1) is 15.8. The second kappa shape index (κ2) is 11.0. The van der Waals surface area contributed by atoms with Crippen molar-refractivity contribution >= 4 is 29.4 Å². The normalized spacial score (nSPS) is 18.7. The van der Waals surface area contributed by atoms with Crippen LogP contribution in [0.5, 0.6) is 11.5 Å². The number of nitrogens with zero attached hydrogens (tertiary/aromatic N) is 2. The Kier molecular flexibility index (Phi) is 8.13. The van der Waals surface area contributed by atoms with Crippen molar-refractivity contribution in [2.75, 3.05) is 20.3 Å². The van der Waals surface area contributed by atoms with Gasteiger partial charge in [-0.05, 0) is 31.9 Å². The molecule has 3 N–H and O–H groups in total. The smallest absolute Gasteiger partial charge is 0.302 e. The molecule has 1 saturated heterocycles. The van der Waals surface area contributed by atoms with E-state index in [2.05, 4.69) is 10.3 Å². The molecular formula is C23H32N4O6. The van der Waals surface area contributed by atoms with Gasteiger partial charge >= 0.3 is 5.97 Å². The van der Waals surface area contributed by atoms with E-state index >= 15 is 0 Å². The number of methoxy groups -OCH3 is 1. The quantitative estimate of drug-likeness (QED) is 0.278. The number of rotatable bonds is 12. The maximum atomic E-state index is 12.2.